The number of amides is 1. The molecule has 24 heavy (non-hydrogen) atoms. The summed E-state index contributed by atoms with van der Waals surface area (Å²) in [5.41, 5.74) is 1.21. The monoisotopic (exact) mass is 330 g/mol. The van der Waals surface area contributed by atoms with E-state index in [4.69, 9.17) is 0 Å². The number of aromatic nitrogens is 1. The molecule has 0 unspecified atom stereocenters. The summed E-state index contributed by atoms with van der Waals surface area (Å²) in [6.07, 6.45) is 7.97. The van der Waals surface area contributed by atoms with Crippen LogP contribution in [0, 0.1) is 17.6 Å². The van der Waals surface area contributed by atoms with Gasteiger partial charge in [-0.3, -0.25) is 9.78 Å². The van der Waals surface area contributed by atoms with Gasteiger partial charge >= 0.3 is 0 Å². The number of anilines is 1. The summed E-state index contributed by atoms with van der Waals surface area (Å²) in [6.45, 7) is 0. The predicted molar refractivity (Wildman–Crippen MR) is 88.5 cm³/mol. The first-order valence-electron chi connectivity index (χ1n) is 8.27. The van der Waals surface area contributed by atoms with Crippen LogP contribution >= 0.6 is 0 Å². The average Bonchev–Trinajstić information content (AvgIpc) is 2.60. The fraction of sp³-hybridized carbons (Fsp3) is 0.368. The van der Waals surface area contributed by atoms with Gasteiger partial charge in [0.1, 0.15) is 0 Å². The van der Waals surface area contributed by atoms with Gasteiger partial charge in [0.2, 0.25) is 5.91 Å². The van der Waals surface area contributed by atoms with Crippen LogP contribution in [-0.2, 0) is 4.79 Å². The van der Waals surface area contributed by atoms with Gasteiger partial charge in [-0.25, -0.2) is 8.78 Å². The lowest BCUT2D eigenvalue weighted by Crippen LogP contribution is -2.21. The number of nitrogens with one attached hydrogen (secondary N) is 1. The summed E-state index contributed by atoms with van der Waals surface area (Å²) in [5, 5.41) is 2.48. The lowest BCUT2D eigenvalue weighted by Gasteiger charge is -2.28. The number of carbonyl (C=O) groups excluding carboxylic acids is 1. The summed E-state index contributed by atoms with van der Waals surface area (Å²) in [5.74, 6) is -1.41. The highest BCUT2D eigenvalue weighted by atomic mass is 19.2. The standard InChI is InChI=1S/C19H20F2N2O/c20-16-2-1-3-17(19(16)21)23-18(24)12-13-4-6-14(7-5-13)15-8-10-22-11-9-15/h1-3,8-11,13-14H,4-7,12H2,(H,23,24). The van der Waals surface area contributed by atoms with Crippen LogP contribution in [0.4, 0.5) is 14.5 Å². The third-order valence-electron chi connectivity index (χ3n) is 4.72. The van der Waals surface area contributed by atoms with Crippen LogP contribution in [0.1, 0.15) is 43.6 Å². The van der Waals surface area contributed by atoms with Gasteiger partial charge in [-0.15, -0.1) is 0 Å². The normalized spacial score (nSPS) is 20.6. The van der Waals surface area contributed by atoms with Gasteiger partial charge in [-0.05, 0) is 67.3 Å². The van der Waals surface area contributed by atoms with Gasteiger partial charge in [0.15, 0.2) is 11.6 Å². The molecule has 0 spiro atoms. The first kappa shape index (κ1) is 16.6. The molecular formula is C19H20F2N2O. The number of hydrogen-bond acceptors (Lipinski definition) is 2. The lowest BCUT2D eigenvalue weighted by atomic mass is 9.77. The number of pyridine rings is 1. The third-order valence-corrected chi connectivity index (χ3v) is 4.72. The van der Waals surface area contributed by atoms with Crippen molar-refractivity contribution in [3.63, 3.8) is 0 Å². The van der Waals surface area contributed by atoms with Crippen LogP contribution in [0.5, 0.6) is 0 Å². The second-order valence-corrected chi connectivity index (χ2v) is 6.35. The predicted octanol–water partition coefficient (Wildman–Crippen LogP) is 4.66. The zero-order valence-electron chi connectivity index (χ0n) is 13.3. The molecule has 1 aliphatic carbocycles. The zero-order valence-corrected chi connectivity index (χ0v) is 13.3. The topological polar surface area (TPSA) is 42.0 Å². The van der Waals surface area contributed by atoms with Crippen LogP contribution in [0.15, 0.2) is 42.7 Å². The van der Waals surface area contributed by atoms with Crippen molar-refractivity contribution in [2.24, 2.45) is 5.92 Å². The Kier molecular flexibility index (Phi) is 5.18. The smallest absolute Gasteiger partial charge is 0.224 e. The van der Waals surface area contributed by atoms with Crippen LogP contribution in [0.3, 0.4) is 0 Å². The van der Waals surface area contributed by atoms with E-state index in [1.165, 1.54) is 17.7 Å². The minimum absolute atomic E-state index is 0.0922. The molecule has 1 fully saturated rings. The van der Waals surface area contributed by atoms with Crippen molar-refractivity contribution in [3.8, 4) is 0 Å². The molecule has 0 aliphatic heterocycles. The first-order chi connectivity index (χ1) is 11.6. The number of rotatable bonds is 4. The lowest BCUT2D eigenvalue weighted by molar-refractivity contribution is -0.117. The number of halogens is 2. The van der Waals surface area contributed by atoms with Crippen LogP contribution in [0.2, 0.25) is 0 Å². The van der Waals surface area contributed by atoms with Crippen molar-refractivity contribution in [3.05, 3.63) is 59.9 Å². The van der Waals surface area contributed by atoms with Gasteiger partial charge in [-0.1, -0.05) is 6.07 Å². The fourth-order valence-corrected chi connectivity index (χ4v) is 3.40. The Morgan fingerprint density at radius 2 is 1.79 bits per heavy atom. The molecule has 1 heterocycles. The van der Waals surface area contributed by atoms with Gasteiger partial charge < -0.3 is 5.32 Å². The molecule has 0 saturated heterocycles. The Hall–Kier alpha value is -2.30. The van der Waals surface area contributed by atoms with Crippen LogP contribution < -0.4 is 5.32 Å². The molecule has 0 atom stereocenters. The molecule has 2 aromatic rings. The highest BCUT2D eigenvalue weighted by Gasteiger charge is 2.24. The largest absolute Gasteiger partial charge is 0.323 e. The minimum atomic E-state index is -1.01. The molecule has 5 heteroatoms. The molecule has 3 nitrogen and oxygen atoms in total. The molecule has 1 amide bonds. The SMILES string of the molecule is O=C(CC1CCC(c2ccncc2)CC1)Nc1cccc(F)c1F. The van der Waals surface area contributed by atoms with Crippen molar-refractivity contribution < 1.29 is 13.6 Å². The van der Waals surface area contributed by atoms with Crippen LogP contribution in [0.25, 0.3) is 0 Å². The van der Waals surface area contributed by atoms with E-state index in [2.05, 4.69) is 10.3 Å². The first-order valence-corrected chi connectivity index (χ1v) is 8.27. The second kappa shape index (κ2) is 7.51. The molecule has 0 bridgehead atoms. The van der Waals surface area contributed by atoms with Crippen molar-refractivity contribution in [1.29, 1.82) is 0 Å². The summed E-state index contributed by atoms with van der Waals surface area (Å²) in [7, 11) is 0. The van der Waals surface area contributed by atoms with Gasteiger partial charge in [-0.2, -0.15) is 0 Å². The quantitative estimate of drug-likeness (QED) is 0.886. The van der Waals surface area contributed by atoms with Crippen molar-refractivity contribution >= 4 is 11.6 Å². The van der Waals surface area contributed by atoms with E-state index >= 15 is 0 Å². The van der Waals surface area contributed by atoms with E-state index in [9.17, 15) is 13.6 Å². The molecule has 1 aromatic carbocycles. The Bertz CT molecular complexity index is 698. The number of benzene rings is 1. The van der Waals surface area contributed by atoms with Gasteiger partial charge in [0, 0.05) is 18.8 Å². The van der Waals surface area contributed by atoms with Crippen LogP contribution in [-0.4, -0.2) is 10.9 Å². The van der Waals surface area contributed by atoms with E-state index in [0.717, 1.165) is 31.7 Å². The maximum atomic E-state index is 13.6. The third kappa shape index (κ3) is 3.96. The maximum absolute atomic E-state index is 13.6. The fourth-order valence-electron chi connectivity index (χ4n) is 3.40. The van der Waals surface area contributed by atoms with Crippen molar-refractivity contribution in [2.45, 2.75) is 38.0 Å². The number of hydrogen-bond donors (Lipinski definition) is 1. The molecule has 126 valence electrons. The minimum Gasteiger partial charge on any atom is -0.323 e. The van der Waals surface area contributed by atoms with E-state index in [1.54, 1.807) is 0 Å². The van der Waals surface area contributed by atoms with E-state index in [-0.39, 0.29) is 11.6 Å². The Balaban J connectivity index is 1.51. The summed E-state index contributed by atoms with van der Waals surface area (Å²) in [4.78, 5) is 16.1. The molecule has 1 aromatic heterocycles. The average molecular weight is 330 g/mol. The number of carbonyl (C=O) groups is 1. The van der Waals surface area contributed by atoms with E-state index < -0.39 is 11.6 Å². The Morgan fingerprint density at radius 1 is 1.08 bits per heavy atom. The molecule has 1 saturated carbocycles. The highest BCUT2D eigenvalue weighted by Crippen LogP contribution is 2.36. The molecular weight excluding hydrogens is 310 g/mol. The molecule has 3 rings (SSSR count). The molecule has 1 N–H and O–H groups in total. The highest BCUT2D eigenvalue weighted by molar-refractivity contribution is 5.90. The van der Waals surface area contributed by atoms with E-state index in [1.807, 2.05) is 24.5 Å². The van der Waals surface area contributed by atoms with Crippen molar-refractivity contribution in [1.82, 2.24) is 4.98 Å². The summed E-state index contributed by atoms with van der Waals surface area (Å²) in [6, 6.07) is 7.88. The Morgan fingerprint density at radius 3 is 2.50 bits per heavy atom. The number of nitrogens with zero attached hydrogens (tertiary/aromatic N) is 1. The molecule has 0 radical (unpaired) electrons. The maximum Gasteiger partial charge on any atom is 0.224 e. The summed E-state index contributed by atoms with van der Waals surface area (Å²) < 4.78 is 26.7. The Labute approximate surface area is 140 Å². The molecule has 1 aliphatic rings. The van der Waals surface area contributed by atoms with Gasteiger partial charge in [0.25, 0.3) is 0 Å². The zero-order chi connectivity index (χ0) is 16.9. The second-order valence-electron chi connectivity index (χ2n) is 6.35. The van der Waals surface area contributed by atoms with Gasteiger partial charge in [0.05, 0.1) is 5.69 Å². The van der Waals surface area contributed by atoms with E-state index in [0.29, 0.717) is 18.3 Å². The summed E-state index contributed by atoms with van der Waals surface area (Å²) >= 11 is 0. The van der Waals surface area contributed by atoms with Crippen molar-refractivity contribution in [2.75, 3.05) is 5.32 Å².